The molecule has 0 spiro atoms. The summed E-state index contributed by atoms with van der Waals surface area (Å²) in [4.78, 5) is 15.9. The van der Waals surface area contributed by atoms with Gasteiger partial charge in [-0.15, -0.1) is 0 Å². The number of hydrogen-bond donors (Lipinski definition) is 0. The fraction of sp³-hybridized carbons (Fsp3) is 0.0588. The zero-order valence-electron chi connectivity index (χ0n) is 11.0. The van der Waals surface area contributed by atoms with Gasteiger partial charge in [-0.05, 0) is 24.3 Å². The van der Waals surface area contributed by atoms with Gasteiger partial charge in [0.25, 0.3) is 0 Å². The van der Waals surface area contributed by atoms with E-state index in [2.05, 4.69) is 4.98 Å². The van der Waals surface area contributed by atoms with Crippen LogP contribution in [0.15, 0.2) is 54.6 Å². The Morgan fingerprint density at radius 1 is 1.05 bits per heavy atom. The number of nitrogens with zero attached hydrogens (tertiary/aromatic N) is 1. The zero-order chi connectivity index (χ0) is 13.9. The van der Waals surface area contributed by atoms with Gasteiger partial charge in [-0.3, -0.25) is 4.79 Å². The molecule has 0 amide bonds. The second-order valence-electron chi connectivity index (χ2n) is 4.43. The molecule has 0 saturated heterocycles. The van der Waals surface area contributed by atoms with Crippen LogP contribution in [0.4, 0.5) is 0 Å². The predicted molar refractivity (Wildman–Crippen MR) is 79.1 cm³/mol. The average molecular weight is 263 g/mol. The van der Waals surface area contributed by atoms with Crippen molar-refractivity contribution < 1.29 is 9.53 Å². The van der Waals surface area contributed by atoms with Gasteiger partial charge in [0.15, 0.2) is 6.29 Å². The first-order chi connectivity index (χ1) is 9.83. The predicted octanol–water partition coefficient (Wildman–Crippen LogP) is 3.72. The number of carbonyl (C=O) groups excluding carboxylic acids is 1. The van der Waals surface area contributed by atoms with Gasteiger partial charge in [-0.1, -0.05) is 30.3 Å². The fourth-order valence-electron chi connectivity index (χ4n) is 2.29. The number of rotatable bonds is 3. The van der Waals surface area contributed by atoms with Crippen molar-refractivity contribution in [3.05, 3.63) is 60.2 Å². The normalized spacial score (nSPS) is 10.4. The lowest BCUT2D eigenvalue weighted by Crippen LogP contribution is -1.93. The molecule has 3 rings (SSSR count). The number of carbonyl (C=O) groups is 1. The van der Waals surface area contributed by atoms with Crippen LogP contribution in [-0.2, 0) is 0 Å². The van der Waals surface area contributed by atoms with Crippen molar-refractivity contribution in [3.8, 4) is 17.0 Å². The van der Waals surface area contributed by atoms with Crippen LogP contribution in [0.25, 0.3) is 22.2 Å². The number of para-hydroxylation sites is 2. The zero-order valence-corrected chi connectivity index (χ0v) is 11.0. The van der Waals surface area contributed by atoms with Crippen LogP contribution < -0.4 is 4.74 Å². The number of fused-ring (bicyclic) bond motifs is 1. The van der Waals surface area contributed by atoms with E-state index in [1.165, 1.54) is 0 Å². The first-order valence-corrected chi connectivity index (χ1v) is 6.32. The van der Waals surface area contributed by atoms with Crippen molar-refractivity contribution in [3.63, 3.8) is 0 Å². The molecule has 20 heavy (non-hydrogen) atoms. The third-order valence-corrected chi connectivity index (χ3v) is 3.26. The smallest absolute Gasteiger partial charge is 0.150 e. The van der Waals surface area contributed by atoms with E-state index in [9.17, 15) is 4.79 Å². The molecule has 3 nitrogen and oxygen atoms in total. The van der Waals surface area contributed by atoms with E-state index in [1.807, 2.05) is 48.5 Å². The molecule has 0 N–H and O–H groups in total. The van der Waals surface area contributed by atoms with Crippen molar-refractivity contribution in [2.45, 2.75) is 0 Å². The Hall–Kier alpha value is -2.68. The Balaban J connectivity index is 2.29. The molecule has 1 heterocycles. The molecular formula is C17H13NO2. The van der Waals surface area contributed by atoms with Gasteiger partial charge >= 0.3 is 0 Å². The molecule has 1 aromatic heterocycles. The Morgan fingerprint density at radius 3 is 2.60 bits per heavy atom. The molecule has 3 heteroatoms. The summed E-state index contributed by atoms with van der Waals surface area (Å²) < 4.78 is 5.36. The Labute approximate surface area is 116 Å². The molecule has 0 atom stereocenters. The van der Waals surface area contributed by atoms with Crippen molar-refractivity contribution in [1.82, 2.24) is 4.98 Å². The molecule has 0 unspecified atom stereocenters. The highest BCUT2D eigenvalue weighted by Crippen LogP contribution is 2.30. The summed E-state index contributed by atoms with van der Waals surface area (Å²) in [5.74, 6) is 0.743. The van der Waals surface area contributed by atoms with E-state index in [0.717, 1.165) is 34.2 Å². The summed E-state index contributed by atoms with van der Waals surface area (Å²) in [6, 6.07) is 17.1. The second-order valence-corrected chi connectivity index (χ2v) is 4.43. The van der Waals surface area contributed by atoms with Gasteiger partial charge in [-0.25, -0.2) is 4.98 Å². The lowest BCUT2D eigenvalue weighted by molar-refractivity contribution is 0.112. The number of aromatic nitrogens is 1. The Bertz CT molecular complexity index is 781. The third-order valence-electron chi connectivity index (χ3n) is 3.26. The second kappa shape index (κ2) is 5.13. The van der Waals surface area contributed by atoms with E-state index >= 15 is 0 Å². The monoisotopic (exact) mass is 263 g/mol. The third kappa shape index (κ3) is 2.03. The lowest BCUT2D eigenvalue weighted by Gasteiger charge is -2.09. The van der Waals surface area contributed by atoms with Crippen molar-refractivity contribution in [2.75, 3.05) is 7.11 Å². The maximum Gasteiger partial charge on any atom is 0.150 e. The molecule has 0 radical (unpaired) electrons. The van der Waals surface area contributed by atoms with Crippen LogP contribution in [0.2, 0.25) is 0 Å². The molecule has 0 aliphatic heterocycles. The average Bonchev–Trinajstić information content (AvgIpc) is 2.53. The lowest BCUT2D eigenvalue weighted by atomic mass is 10.0. The van der Waals surface area contributed by atoms with Crippen LogP contribution in [-0.4, -0.2) is 18.4 Å². The summed E-state index contributed by atoms with van der Waals surface area (Å²) >= 11 is 0. The van der Waals surface area contributed by atoms with Crippen LogP contribution in [0.5, 0.6) is 5.75 Å². The largest absolute Gasteiger partial charge is 0.496 e. The first-order valence-electron chi connectivity index (χ1n) is 6.32. The van der Waals surface area contributed by atoms with Crippen LogP contribution in [0.1, 0.15) is 10.4 Å². The van der Waals surface area contributed by atoms with Crippen LogP contribution in [0.3, 0.4) is 0 Å². The molecular weight excluding hydrogens is 250 g/mol. The molecule has 98 valence electrons. The number of pyridine rings is 1. The van der Waals surface area contributed by atoms with E-state index in [4.69, 9.17) is 4.74 Å². The number of benzene rings is 2. The number of ether oxygens (including phenoxy) is 1. The molecule has 2 aromatic carbocycles. The summed E-state index contributed by atoms with van der Waals surface area (Å²) in [5.41, 5.74) is 3.06. The Morgan fingerprint density at radius 2 is 1.80 bits per heavy atom. The highest BCUT2D eigenvalue weighted by Gasteiger charge is 2.10. The van der Waals surface area contributed by atoms with E-state index < -0.39 is 0 Å². The van der Waals surface area contributed by atoms with Crippen LogP contribution >= 0.6 is 0 Å². The molecule has 0 fully saturated rings. The minimum atomic E-state index is 0.636. The summed E-state index contributed by atoms with van der Waals surface area (Å²) in [5, 5.41) is 0.862. The highest BCUT2D eigenvalue weighted by atomic mass is 16.5. The van der Waals surface area contributed by atoms with E-state index in [0.29, 0.717) is 5.56 Å². The highest BCUT2D eigenvalue weighted by molar-refractivity contribution is 5.98. The summed E-state index contributed by atoms with van der Waals surface area (Å²) in [6.07, 6.45) is 0.864. The quantitative estimate of drug-likeness (QED) is 0.676. The fourth-order valence-corrected chi connectivity index (χ4v) is 2.29. The van der Waals surface area contributed by atoms with Gasteiger partial charge in [0.1, 0.15) is 5.75 Å². The molecule has 0 aliphatic carbocycles. The van der Waals surface area contributed by atoms with E-state index in [-0.39, 0.29) is 0 Å². The Kier molecular flexibility index (Phi) is 3.17. The summed E-state index contributed by atoms with van der Waals surface area (Å²) in [6.45, 7) is 0. The van der Waals surface area contributed by atoms with Gasteiger partial charge in [0.2, 0.25) is 0 Å². The molecule has 0 bridgehead atoms. The minimum absolute atomic E-state index is 0.636. The molecule has 3 aromatic rings. The van der Waals surface area contributed by atoms with Crippen LogP contribution in [0, 0.1) is 0 Å². The maximum absolute atomic E-state index is 11.3. The number of hydrogen-bond acceptors (Lipinski definition) is 3. The van der Waals surface area contributed by atoms with Crippen molar-refractivity contribution in [2.24, 2.45) is 0 Å². The first kappa shape index (κ1) is 12.4. The number of aldehydes is 1. The van der Waals surface area contributed by atoms with E-state index in [1.54, 1.807) is 13.2 Å². The van der Waals surface area contributed by atoms with Crippen molar-refractivity contribution in [1.29, 1.82) is 0 Å². The minimum Gasteiger partial charge on any atom is -0.496 e. The van der Waals surface area contributed by atoms with Gasteiger partial charge in [0, 0.05) is 16.5 Å². The molecule has 0 saturated carbocycles. The van der Waals surface area contributed by atoms with Crippen molar-refractivity contribution >= 4 is 17.2 Å². The molecule has 0 aliphatic rings. The topological polar surface area (TPSA) is 39.2 Å². The SMILES string of the molecule is COc1ccccc1-c1cc(C=O)c2ccccc2n1. The maximum atomic E-state index is 11.3. The van der Waals surface area contributed by atoms with Gasteiger partial charge in [-0.2, -0.15) is 0 Å². The van der Waals surface area contributed by atoms with Gasteiger partial charge < -0.3 is 4.74 Å². The number of methoxy groups -OCH3 is 1. The van der Waals surface area contributed by atoms with Gasteiger partial charge in [0.05, 0.1) is 18.3 Å². The summed E-state index contributed by atoms with van der Waals surface area (Å²) in [7, 11) is 1.63. The standard InChI is InChI=1S/C17H13NO2/c1-20-17-9-5-3-7-14(17)16-10-12(11-19)13-6-2-4-8-15(13)18-16/h2-11H,1H3.